The molecule has 0 unspecified atom stereocenters. The van der Waals surface area contributed by atoms with Crippen LogP contribution in [0.1, 0.15) is 31.2 Å². The molecule has 1 fully saturated rings. The lowest BCUT2D eigenvalue weighted by molar-refractivity contribution is -0.126. The Bertz CT molecular complexity index is 506. The number of carbonyl (C=O) groups excluding carboxylic acids is 1. The molecule has 1 amide bonds. The molecule has 0 saturated heterocycles. The van der Waals surface area contributed by atoms with Gasteiger partial charge in [-0.15, -0.1) is 0 Å². The summed E-state index contributed by atoms with van der Waals surface area (Å²) in [5, 5.41) is 3.28. The first-order valence-electron chi connectivity index (χ1n) is 6.94. The highest BCUT2D eigenvalue weighted by atomic mass is 35.5. The number of nitrogens with one attached hydrogen (secondary N) is 1. The van der Waals surface area contributed by atoms with Crippen LogP contribution in [0.4, 0.5) is 5.69 Å². The summed E-state index contributed by atoms with van der Waals surface area (Å²) in [6, 6.07) is 8.49. The lowest BCUT2D eigenvalue weighted by Gasteiger charge is -2.25. The molecule has 1 N–H and O–H groups in total. The smallest absolute Gasteiger partial charge is 0.251 e. The number of aliphatic imine (C=N–C) groups is 1. The molecule has 2 aliphatic rings. The lowest BCUT2D eigenvalue weighted by Crippen LogP contribution is -3.00. The summed E-state index contributed by atoms with van der Waals surface area (Å²) in [4.78, 5) is 18.2. The monoisotopic (exact) mass is 292 g/mol. The highest BCUT2D eigenvalue weighted by Crippen LogP contribution is 2.26. The number of carbonyl (C=O) groups is 1. The van der Waals surface area contributed by atoms with Crippen LogP contribution in [0.2, 0.25) is 0 Å². The van der Waals surface area contributed by atoms with Crippen molar-refractivity contribution in [2.24, 2.45) is 4.99 Å². The number of anilines is 1. The number of benzene rings is 1. The van der Waals surface area contributed by atoms with E-state index in [0.717, 1.165) is 24.5 Å². The molecule has 20 heavy (non-hydrogen) atoms. The number of hydrogen-bond acceptors (Lipinski definition) is 3. The van der Waals surface area contributed by atoms with Crippen LogP contribution in [-0.2, 0) is 4.79 Å². The zero-order valence-corrected chi connectivity index (χ0v) is 12.4. The van der Waals surface area contributed by atoms with Crippen molar-refractivity contribution in [3.63, 3.8) is 0 Å². The minimum absolute atomic E-state index is 0. The number of rotatable bonds is 2. The van der Waals surface area contributed by atoms with Crippen LogP contribution in [0.15, 0.2) is 29.3 Å². The van der Waals surface area contributed by atoms with Crippen molar-refractivity contribution in [2.75, 3.05) is 11.9 Å². The van der Waals surface area contributed by atoms with Gasteiger partial charge in [-0.1, -0.05) is 30.5 Å². The molecule has 4 nitrogen and oxygen atoms in total. The van der Waals surface area contributed by atoms with Crippen LogP contribution in [-0.4, -0.2) is 29.4 Å². The van der Waals surface area contributed by atoms with Gasteiger partial charge in [0, 0.05) is 11.7 Å². The molecular formula is C15H19ClN3O-. The van der Waals surface area contributed by atoms with Gasteiger partial charge in [0.1, 0.15) is 6.54 Å². The first kappa shape index (κ1) is 14.9. The van der Waals surface area contributed by atoms with Gasteiger partial charge in [-0.25, -0.2) is 4.99 Å². The molecule has 1 aliphatic heterocycles. The zero-order valence-electron chi connectivity index (χ0n) is 11.6. The average Bonchev–Trinajstić information content (AvgIpc) is 3.02. The highest BCUT2D eigenvalue weighted by molar-refractivity contribution is 6.09. The quantitative estimate of drug-likeness (QED) is 0.803. The van der Waals surface area contributed by atoms with Gasteiger partial charge in [0.15, 0.2) is 0 Å². The molecular weight excluding hydrogens is 274 g/mol. The van der Waals surface area contributed by atoms with E-state index in [-0.39, 0.29) is 24.9 Å². The number of hydrogen-bond donors (Lipinski definition) is 1. The largest absolute Gasteiger partial charge is 1.00 e. The van der Waals surface area contributed by atoms with E-state index in [9.17, 15) is 4.79 Å². The maximum atomic E-state index is 12.0. The van der Waals surface area contributed by atoms with Gasteiger partial charge in [0.05, 0.1) is 0 Å². The van der Waals surface area contributed by atoms with Crippen molar-refractivity contribution in [3.8, 4) is 0 Å². The second-order valence-corrected chi connectivity index (χ2v) is 5.33. The Morgan fingerprint density at radius 1 is 1.20 bits per heavy atom. The second-order valence-electron chi connectivity index (χ2n) is 5.33. The van der Waals surface area contributed by atoms with Crippen LogP contribution in [0.3, 0.4) is 0 Å². The second kappa shape index (κ2) is 6.27. The van der Waals surface area contributed by atoms with E-state index < -0.39 is 0 Å². The molecule has 3 rings (SSSR count). The molecule has 0 radical (unpaired) electrons. The third-order valence-electron chi connectivity index (χ3n) is 3.86. The minimum atomic E-state index is 0. The number of halogens is 1. The fourth-order valence-corrected chi connectivity index (χ4v) is 2.82. The van der Waals surface area contributed by atoms with Crippen molar-refractivity contribution < 1.29 is 17.2 Å². The Morgan fingerprint density at radius 2 is 1.85 bits per heavy atom. The van der Waals surface area contributed by atoms with Crippen LogP contribution < -0.4 is 17.7 Å². The van der Waals surface area contributed by atoms with Crippen LogP contribution in [0.25, 0.3) is 0 Å². The first-order chi connectivity index (χ1) is 9.24. The Morgan fingerprint density at radius 3 is 2.50 bits per heavy atom. The summed E-state index contributed by atoms with van der Waals surface area (Å²) >= 11 is 0. The SMILES string of the molecule is Cc1ccc(NC2=NCC(=O)N2C2CCCC2)cc1.[Cl-]. The molecule has 108 valence electrons. The van der Waals surface area contributed by atoms with Gasteiger partial charge < -0.3 is 17.7 Å². The number of aryl methyl sites for hydroxylation is 1. The van der Waals surface area contributed by atoms with Crippen molar-refractivity contribution >= 4 is 17.6 Å². The Hall–Kier alpha value is -1.55. The van der Waals surface area contributed by atoms with E-state index in [1.54, 1.807) is 0 Å². The maximum Gasteiger partial charge on any atom is 0.251 e. The van der Waals surface area contributed by atoms with E-state index in [4.69, 9.17) is 0 Å². The van der Waals surface area contributed by atoms with Crippen molar-refractivity contribution in [2.45, 2.75) is 38.6 Å². The van der Waals surface area contributed by atoms with Gasteiger partial charge in [0.25, 0.3) is 5.91 Å². The third kappa shape index (κ3) is 2.96. The molecule has 0 bridgehead atoms. The van der Waals surface area contributed by atoms with E-state index >= 15 is 0 Å². The highest BCUT2D eigenvalue weighted by Gasteiger charge is 2.33. The first-order valence-corrected chi connectivity index (χ1v) is 6.94. The molecule has 0 aromatic heterocycles. The molecule has 0 atom stereocenters. The van der Waals surface area contributed by atoms with E-state index in [1.165, 1.54) is 18.4 Å². The van der Waals surface area contributed by atoms with Crippen molar-refractivity contribution in [1.29, 1.82) is 0 Å². The summed E-state index contributed by atoms with van der Waals surface area (Å²) in [7, 11) is 0. The topological polar surface area (TPSA) is 44.7 Å². The Kier molecular flexibility index (Phi) is 4.65. The Labute approximate surface area is 125 Å². The number of guanidine groups is 1. The van der Waals surface area contributed by atoms with Crippen molar-refractivity contribution in [1.82, 2.24) is 4.90 Å². The molecule has 1 heterocycles. The molecule has 0 spiro atoms. The number of amides is 1. The normalized spacial score (nSPS) is 18.9. The third-order valence-corrected chi connectivity index (χ3v) is 3.86. The standard InChI is InChI=1S/C15H19N3O.ClH/c1-11-6-8-12(9-7-11)17-15-16-10-14(19)18(15)13-4-2-3-5-13;/h6-9,13H,2-5,10H2,1H3,(H,16,17);1H/p-1. The van der Waals surface area contributed by atoms with Crippen molar-refractivity contribution in [3.05, 3.63) is 29.8 Å². The number of nitrogens with zero attached hydrogens (tertiary/aromatic N) is 2. The van der Waals surface area contributed by atoms with Gasteiger partial charge >= 0.3 is 0 Å². The van der Waals surface area contributed by atoms with E-state index in [1.807, 2.05) is 17.0 Å². The van der Waals surface area contributed by atoms with Crippen LogP contribution in [0, 0.1) is 6.92 Å². The molecule has 1 aromatic carbocycles. The zero-order chi connectivity index (χ0) is 13.2. The maximum absolute atomic E-state index is 12.0. The van der Waals surface area contributed by atoms with Gasteiger partial charge in [-0.2, -0.15) is 0 Å². The lowest BCUT2D eigenvalue weighted by atomic mass is 10.2. The molecule has 1 saturated carbocycles. The summed E-state index contributed by atoms with van der Waals surface area (Å²) in [5.41, 5.74) is 2.21. The molecule has 1 aliphatic carbocycles. The molecule has 5 heteroatoms. The van der Waals surface area contributed by atoms with Gasteiger partial charge in [-0.05, 0) is 31.9 Å². The van der Waals surface area contributed by atoms with Crippen LogP contribution in [0.5, 0.6) is 0 Å². The minimum Gasteiger partial charge on any atom is -1.00 e. The Balaban J connectivity index is 0.00000147. The van der Waals surface area contributed by atoms with Gasteiger partial charge in [0.2, 0.25) is 5.96 Å². The fourth-order valence-electron chi connectivity index (χ4n) is 2.82. The summed E-state index contributed by atoms with van der Waals surface area (Å²) < 4.78 is 0. The van der Waals surface area contributed by atoms with E-state index in [2.05, 4.69) is 29.4 Å². The predicted octanol–water partition coefficient (Wildman–Crippen LogP) is -0.448. The summed E-state index contributed by atoms with van der Waals surface area (Å²) in [5.74, 6) is 0.849. The predicted molar refractivity (Wildman–Crippen MR) is 76.2 cm³/mol. The van der Waals surface area contributed by atoms with Gasteiger partial charge in [-0.3, -0.25) is 9.69 Å². The van der Waals surface area contributed by atoms with Crippen LogP contribution >= 0.6 is 0 Å². The fraction of sp³-hybridized carbons (Fsp3) is 0.467. The average molecular weight is 293 g/mol. The molecule has 1 aromatic rings. The summed E-state index contributed by atoms with van der Waals surface area (Å²) in [6.07, 6.45) is 4.62. The summed E-state index contributed by atoms with van der Waals surface area (Å²) in [6.45, 7) is 2.34. The van der Waals surface area contributed by atoms with E-state index in [0.29, 0.717) is 6.04 Å².